The highest BCUT2D eigenvalue weighted by Gasteiger charge is 2.30. The number of hydrogen-bond acceptors (Lipinski definition) is 4. The van der Waals surface area contributed by atoms with Crippen molar-refractivity contribution < 1.29 is 18.9 Å². The lowest BCUT2D eigenvalue weighted by Gasteiger charge is -2.32. The SMILES string of the molecule is CC=C[C@H]1CCC[C@@H]1CC[C@H](CCCC(OC1CCCCO1)OC1CCCCO1)C1CCCC1. The van der Waals surface area contributed by atoms with E-state index in [1.165, 1.54) is 83.5 Å². The van der Waals surface area contributed by atoms with E-state index < -0.39 is 0 Å². The zero-order valence-corrected chi connectivity index (χ0v) is 22.0. The molecule has 4 heteroatoms. The summed E-state index contributed by atoms with van der Waals surface area (Å²) in [5.74, 6) is 3.59. The van der Waals surface area contributed by atoms with E-state index in [2.05, 4.69) is 19.1 Å². The fourth-order valence-electron chi connectivity index (χ4n) is 7.09. The number of rotatable bonds is 13. The maximum absolute atomic E-state index is 6.35. The molecular formula is C30H52O4. The highest BCUT2D eigenvalue weighted by molar-refractivity contribution is 4.93. The van der Waals surface area contributed by atoms with Gasteiger partial charge in [0.05, 0.1) is 0 Å². The van der Waals surface area contributed by atoms with E-state index in [1.807, 2.05) is 0 Å². The van der Waals surface area contributed by atoms with Crippen molar-refractivity contribution in [2.45, 2.75) is 141 Å². The fraction of sp³-hybridized carbons (Fsp3) is 0.933. The van der Waals surface area contributed by atoms with Crippen LogP contribution in [0.3, 0.4) is 0 Å². The molecule has 4 rings (SSSR count). The molecule has 2 heterocycles. The Kier molecular flexibility index (Phi) is 11.7. The Morgan fingerprint density at radius 1 is 0.735 bits per heavy atom. The van der Waals surface area contributed by atoms with Crippen molar-refractivity contribution >= 4 is 0 Å². The molecule has 0 aromatic heterocycles. The molecule has 0 bridgehead atoms. The molecule has 5 atom stereocenters. The summed E-state index contributed by atoms with van der Waals surface area (Å²) >= 11 is 0. The van der Waals surface area contributed by atoms with Gasteiger partial charge >= 0.3 is 0 Å². The topological polar surface area (TPSA) is 36.9 Å². The van der Waals surface area contributed by atoms with E-state index in [0.29, 0.717) is 0 Å². The first-order valence-electron chi connectivity index (χ1n) is 15.0. The van der Waals surface area contributed by atoms with Gasteiger partial charge in [-0.15, -0.1) is 0 Å². The predicted octanol–water partition coefficient (Wildman–Crippen LogP) is 8.15. The molecule has 0 amide bonds. The molecule has 4 aliphatic rings. The Morgan fingerprint density at radius 3 is 2.03 bits per heavy atom. The first-order chi connectivity index (χ1) is 16.8. The molecule has 0 aromatic carbocycles. The van der Waals surface area contributed by atoms with Gasteiger partial charge in [-0.2, -0.15) is 0 Å². The van der Waals surface area contributed by atoms with Crippen LogP contribution in [0, 0.1) is 23.7 Å². The summed E-state index contributed by atoms with van der Waals surface area (Å²) in [6.45, 7) is 3.82. The molecule has 2 saturated carbocycles. The van der Waals surface area contributed by atoms with Gasteiger partial charge < -0.3 is 18.9 Å². The van der Waals surface area contributed by atoms with Crippen LogP contribution >= 0.6 is 0 Å². The summed E-state index contributed by atoms with van der Waals surface area (Å²) in [5.41, 5.74) is 0. The van der Waals surface area contributed by atoms with E-state index in [0.717, 1.165) is 69.0 Å². The molecule has 0 N–H and O–H groups in total. The smallest absolute Gasteiger partial charge is 0.163 e. The van der Waals surface area contributed by atoms with Gasteiger partial charge in [0.1, 0.15) is 0 Å². The van der Waals surface area contributed by atoms with E-state index >= 15 is 0 Å². The Morgan fingerprint density at radius 2 is 1.41 bits per heavy atom. The highest BCUT2D eigenvalue weighted by atomic mass is 16.8. The minimum absolute atomic E-state index is 0.0983. The number of allylic oxidation sites excluding steroid dienone is 2. The van der Waals surface area contributed by atoms with E-state index in [1.54, 1.807) is 0 Å². The minimum atomic E-state index is -0.190. The van der Waals surface area contributed by atoms with Crippen molar-refractivity contribution in [2.24, 2.45) is 23.7 Å². The third kappa shape index (κ3) is 8.61. The van der Waals surface area contributed by atoms with Crippen LogP contribution in [0.25, 0.3) is 0 Å². The van der Waals surface area contributed by atoms with Crippen LogP contribution in [0.5, 0.6) is 0 Å². The van der Waals surface area contributed by atoms with Crippen molar-refractivity contribution in [3.63, 3.8) is 0 Å². The zero-order valence-electron chi connectivity index (χ0n) is 22.0. The molecule has 0 aromatic rings. The summed E-state index contributed by atoms with van der Waals surface area (Å²) in [7, 11) is 0. The average Bonchev–Trinajstić information content (AvgIpc) is 3.55. The molecule has 34 heavy (non-hydrogen) atoms. The molecule has 196 valence electrons. The molecule has 4 nitrogen and oxygen atoms in total. The Bertz CT molecular complexity index is 540. The minimum Gasteiger partial charge on any atom is -0.353 e. The predicted molar refractivity (Wildman–Crippen MR) is 137 cm³/mol. The molecular weight excluding hydrogens is 424 g/mol. The number of hydrogen-bond donors (Lipinski definition) is 0. The summed E-state index contributed by atoms with van der Waals surface area (Å²) in [6, 6.07) is 0. The normalized spacial score (nSPS) is 33.0. The number of ether oxygens (including phenoxy) is 4. The Labute approximate surface area is 209 Å². The van der Waals surface area contributed by atoms with Crippen LogP contribution in [-0.2, 0) is 18.9 Å². The van der Waals surface area contributed by atoms with Crippen LogP contribution in [0.4, 0.5) is 0 Å². The fourth-order valence-corrected chi connectivity index (χ4v) is 7.09. The van der Waals surface area contributed by atoms with Gasteiger partial charge in [0.25, 0.3) is 0 Å². The lowest BCUT2D eigenvalue weighted by Crippen LogP contribution is -2.34. The van der Waals surface area contributed by atoms with Crippen LogP contribution in [0.2, 0.25) is 0 Å². The van der Waals surface area contributed by atoms with Crippen molar-refractivity contribution in [3.8, 4) is 0 Å². The third-order valence-corrected chi connectivity index (χ3v) is 9.03. The first kappa shape index (κ1) is 26.6. The van der Waals surface area contributed by atoms with Crippen molar-refractivity contribution in [1.82, 2.24) is 0 Å². The second-order valence-corrected chi connectivity index (χ2v) is 11.5. The first-order valence-corrected chi connectivity index (χ1v) is 15.0. The van der Waals surface area contributed by atoms with Crippen molar-refractivity contribution in [3.05, 3.63) is 12.2 Å². The molecule has 0 spiro atoms. The Balaban J connectivity index is 1.27. The highest BCUT2D eigenvalue weighted by Crippen LogP contribution is 2.41. The molecule has 4 fully saturated rings. The maximum Gasteiger partial charge on any atom is 0.163 e. The third-order valence-electron chi connectivity index (χ3n) is 9.03. The quantitative estimate of drug-likeness (QED) is 0.198. The molecule has 2 saturated heterocycles. The molecule has 0 radical (unpaired) electrons. The van der Waals surface area contributed by atoms with Gasteiger partial charge in [-0.05, 0) is 114 Å². The second-order valence-electron chi connectivity index (χ2n) is 11.5. The molecule has 2 unspecified atom stereocenters. The van der Waals surface area contributed by atoms with Crippen LogP contribution in [0.1, 0.15) is 122 Å². The van der Waals surface area contributed by atoms with Crippen LogP contribution in [0.15, 0.2) is 12.2 Å². The van der Waals surface area contributed by atoms with Gasteiger partial charge in [0.2, 0.25) is 0 Å². The van der Waals surface area contributed by atoms with E-state index in [-0.39, 0.29) is 18.9 Å². The zero-order chi connectivity index (χ0) is 23.4. The lowest BCUT2D eigenvalue weighted by molar-refractivity contribution is -0.306. The van der Waals surface area contributed by atoms with Gasteiger partial charge in [-0.3, -0.25) is 0 Å². The summed E-state index contributed by atoms with van der Waals surface area (Å²) < 4.78 is 24.5. The monoisotopic (exact) mass is 476 g/mol. The van der Waals surface area contributed by atoms with Gasteiger partial charge in [-0.1, -0.05) is 44.3 Å². The van der Waals surface area contributed by atoms with Gasteiger partial charge in [0, 0.05) is 13.2 Å². The summed E-state index contributed by atoms with van der Waals surface area (Å²) in [4.78, 5) is 0. The standard InChI is InChI=1S/C30H52O4/c1-2-11-24-14-9-15-26(24)20-21-27(25-12-3-4-13-25)16-10-19-30(33-28-17-5-7-22-31-28)34-29-18-6-8-23-32-29/h2,11,24-30H,3-10,12-23H2,1H3/t24-,26+,27-,28?,29?,30?/m0/s1. The van der Waals surface area contributed by atoms with Crippen molar-refractivity contribution in [2.75, 3.05) is 13.2 Å². The van der Waals surface area contributed by atoms with Crippen molar-refractivity contribution in [1.29, 1.82) is 0 Å². The van der Waals surface area contributed by atoms with Gasteiger partial charge in [0.15, 0.2) is 18.9 Å². The summed E-state index contributed by atoms with van der Waals surface area (Å²) in [5, 5.41) is 0. The van der Waals surface area contributed by atoms with Crippen LogP contribution in [-0.4, -0.2) is 32.1 Å². The lowest BCUT2D eigenvalue weighted by atomic mass is 9.80. The summed E-state index contributed by atoms with van der Waals surface area (Å²) in [6.07, 6.45) is 27.5. The molecule has 2 aliphatic carbocycles. The maximum atomic E-state index is 6.35. The van der Waals surface area contributed by atoms with E-state index in [9.17, 15) is 0 Å². The van der Waals surface area contributed by atoms with Crippen LogP contribution < -0.4 is 0 Å². The Hall–Kier alpha value is -0.420. The average molecular weight is 477 g/mol. The van der Waals surface area contributed by atoms with E-state index in [4.69, 9.17) is 18.9 Å². The molecule has 2 aliphatic heterocycles. The second kappa shape index (κ2) is 15.0. The van der Waals surface area contributed by atoms with Gasteiger partial charge in [-0.25, -0.2) is 0 Å². The largest absolute Gasteiger partial charge is 0.353 e.